The second-order valence-corrected chi connectivity index (χ2v) is 2.93. The molecule has 2 amide bonds. The molecule has 11 heavy (non-hydrogen) atoms. The van der Waals surface area contributed by atoms with E-state index >= 15 is 0 Å². The van der Waals surface area contributed by atoms with Crippen LogP contribution in [-0.4, -0.2) is 23.0 Å². The zero-order valence-corrected chi connectivity index (χ0v) is 8.09. The summed E-state index contributed by atoms with van der Waals surface area (Å²) in [5.74, 6) is 0. The molecule has 0 bridgehead atoms. The molecule has 0 saturated carbocycles. The van der Waals surface area contributed by atoms with Crippen LogP contribution in [0.25, 0.3) is 0 Å². The maximum absolute atomic E-state index is 10.7. The Balaban J connectivity index is -0.000000405. The van der Waals surface area contributed by atoms with Gasteiger partial charge in [0.15, 0.2) is 0 Å². The molecule has 0 unspecified atom stereocenters. The van der Waals surface area contributed by atoms with Crippen molar-refractivity contribution in [2.75, 3.05) is 0 Å². The van der Waals surface area contributed by atoms with Crippen molar-refractivity contribution in [1.29, 1.82) is 0 Å². The predicted molar refractivity (Wildman–Crippen MR) is 42.8 cm³/mol. The number of primary amides is 1. The molecule has 0 heterocycles. The topological polar surface area (TPSA) is 46.3 Å². The predicted octanol–water partition coefficient (Wildman–Crippen LogP) is -1.70. The van der Waals surface area contributed by atoms with E-state index in [1.807, 2.05) is 27.7 Å². The molecular formula is C7H17LiN2O. The minimum absolute atomic E-state index is 0. The molecule has 0 atom stereocenters. The van der Waals surface area contributed by atoms with Crippen molar-refractivity contribution in [3.8, 4) is 0 Å². The van der Waals surface area contributed by atoms with Gasteiger partial charge in [-0.3, -0.25) is 0 Å². The maximum Gasteiger partial charge on any atom is 1.00 e. The van der Waals surface area contributed by atoms with E-state index in [9.17, 15) is 4.79 Å². The van der Waals surface area contributed by atoms with Crippen molar-refractivity contribution in [3.05, 3.63) is 0 Å². The summed E-state index contributed by atoms with van der Waals surface area (Å²) in [6.45, 7) is 7.80. The van der Waals surface area contributed by atoms with E-state index in [4.69, 9.17) is 5.73 Å². The van der Waals surface area contributed by atoms with Gasteiger partial charge in [0.2, 0.25) is 0 Å². The van der Waals surface area contributed by atoms with Crippen LogP contribution in [0.2, 0.25) is 0 Å². The number of nitrogens with two attached hydrogens (primary N) is 1. The van der Waals surface area contributed by atoms with E-state index in [0.717, 1.165) is 0 Å². The van der Waals surface area contributed by atoms with Gasteiger partial charge in [0.05, 0.1) is 0 Å². The Hall–Kier alpha value is -0.133. The average Bonchev–Trinajstić information content (AvgIpc) is 1.59. The Morgan fingerprint density at radius 1 is 1.27 bits per heavy atom. The molecular weight excluding hydrogens is 135 g/mol. The standard InChI is InChI=1S/C7H16N2O.Li.H/c1-5(2)9(6(3)4)7(8)10;;/h5-6H,1-4H3,(H2,8,10);;/q;+1;-1. The zero-order valence-electron chi connectivity index (χ0n) is 9.09. The fraction of sp³-hybridized carbons (Fsp3) is 0.857. The van der Waals surface area contributed by atoms with Gasteiger partial charge in [-0.05, 0) is 27.7 Å². The summed E-state index contributed by atoms with van der Waals surface area (Å²) in [6.07, 6.45) is 0. The van der Waals surface area contributed by atoms with Gasteiger partial charge in [0.1, 0.15) is 0 Å². The van der Waals surface area contributed by atoms with Crippen LogP contribution in [0.1, 0.15) is 29.1 Å². The number of nitrogens with zero attached hydrogens (tertiary/aromatic N) is 1. The SMILES string of the molecule is CC(C)N(C(N)=O)C(C)C.[H-].[Li+]. The van der Waals surface area contributed by atoms with Crippen molar-refractivity contribution in [2.45, 2.75) is 39.8 Å². The van der Waals surface area contributed by atoms with Crippen LogP contribution in [0, 0.1) is 0 Å². The molecule has 0 fully saturated rings. The molecule has 62 valence electrons. The molecule has 0 aromatic rings. The van der Waals surface area contributed by atoms with E-state index in [0.29, 0.717) is 0 Å². The summed E-state index contributed by atoms with van der Waals surface area (Å²) in [5, 5.41) is 0. The Morgan fingerprint density at radius 3 is 1.55 bits per heavy atom. The van der Waals surface area contributed by atoms with Gasteiger partial charge in [0.25, 0.3) is 0 Å². The van der Waals surface area contributed by atoms with Gasteiger partial charge in [-0.1, -0.05) is 0 Å². The fourth-order valence-corrected chi connectivity index (χ4v) is 1.11. The van der Waals surface area contributed by atoms with Crippen molar-refractivity contribution >= 4 is 6.03 Å². The number of hydrogen-bond acceptors (Lipinski definition) is 1. The van der Waals surface area contributed by atoms with Crippen molar-refractivity contribution in [2.24, 2.45) is 5.73 Å². The Labute approximate surface area is 82.0 Å². The molecule has 0 aliphatic rings. The van der Waals surface area contributed by atoms with Crippen LogP contribution < -0.4 is 24.6 Å². The smallest absolute Gasteiger partial charge is 1.00 e. The van der Waals surface area contributed by atoms with Gasteiger partial charge in [-0.2, -0.15) is 0 Å². The normalized spacial score (nSPS) is 9.64. The first kappa shape index (κ1) is 13.5. The average molecular weight is 152 g/mol. The first-order chi connectivity index (χ1) is 4.46. The number of rotatable bonds is 2. The van der Waals surface area contributed by atoms with Crippen molar-refractivity contribution in [1.82, 2.24) is 4.90 Å². The Kier molecular flexibility index (Phi) is 6.74. The Bertz CT molecular complexity index is 123. The summed E-state index contributed by atoms with van der Waals surface area (Å²) >= 11 is 0. The van der Waals surface area contributed by atoms with E-state index in [2.05, 4.69) is 0 Å². The number of hydrogen-bond donors (Lipinski definition) is 1. The number of carbonyl (C=O) groups is 1. The minimum Gasteiger partial charge on any atom is -1.00 e. The second kappa shape index (κ2) is 5.51. The molecule has 2 N–H and O–H groups in total. The van der Waals surface area contributed by atoms with Gasteiger partial charge >= 0.3 is 24.9 Å². The zero-order chi connectivity index (χ0) is 8.31. The quantitative estimate of drug-likeness (QED) is 0.471. The van der Waals surface area contributed by atoms with E-state index in [1.165, 1.54) is 0 Å². The Morgan fingerprint density at radius 2 is 1.55 bits per heavy atom. The molecule has 0 aliphatic heterocycles. The molecule has 0 spiro atoms. The molecule has 0 aromatic heterocycles. The molecule has 0 rings (SSSR count). The van der Waals surface area contributed by atoms with Crippen molar-refractivity contribution in [3.63, 3.8) is 0 Å². The fourth-order valence-electron chi connectivity index (χ4n) is 1.11. The summed E-state index contributed by atoms with van der Waals surface area (Å²) in [6, 6.07) is 0.0417. The van der Waals surface area contributed by atoms with Crippen LogP contribution in [0.5, 0.6) is 0 Å². The molecule has 4 heteroatoms. The van der Waals surface area contributed by atoms with Gasteiger partial charge in [-0.25, -0.2) is 4.79 Å². The third-order valence-electron chi connectivity index (χ3n) is 1.37. The van der Waals surface area contributed by atoms with E-state index in [-0.39, 0.29) is 38.4 Å². The minimum atomic E-state index is -0.343. The van der Waals surface area contributed by atoms with E-state index in [1.54, 1.807) is 4.90 Å². The monoisotopic (exact) mass is 152 g/mol. The number of carbonyl (C=O) groups excluding carboxylic acids is 1. The largest absolute Gasteiger partial charge is 1.00 e. The number of amides is 2. The molecule has 3 nitrogen and oxygen atoms in total. The van der Waals surface area contributed by atoms with Gasteiger partial charge < -0.3 is 12.1 Å². The third kappa shape index (κ3) is 4.34. The third-order valence-corrected chi connectivity index (χ3v) is 1.37. The first-order valence-electron chi connectivity index (χ1n) is 3.54. The molecule has 0 aromatic carbocycles. The van der Waals surface area contributed by atoms with Crippen LogP contribution in [0.4, 0.5) is 4.79 Å². The summed E-state index contributed by atoms with van der Waals surface area (Å²) in [5.41, 5.74) is 5.13. The van der Waals surface area contributed by atoms with Crippen LogP contribution in [0.3, 0.4) is 0 Å². The second-order valence-electron chi connectivity index (χ2n) is 2.93. The van der Waals surface area contributed by atoms with Crippen molar-refractivity contribution < 1.29 is 25.1 Å². The van der Waals surface area contributed by atoms with E-state index < -0.39 is 0 Å². The molecule has 0 radical (unpaired) electrons. The van der Waals surface area contributed by atoms with Crippen LogP contribution in [-0.2, 0) is 0 Å². The van der Waals surface area contributed by atoms with Gasteiger partial charge in [-0.15, -0.1) is 0 Å². The molecule has 0 aliphatic carbocycles. The first-order valence-corrected chi connectivity index (χ1v) is 3.54. The van der Waals surface area contributed by atoms with Crippen LogP contribution in [0.15, 0.2) is 0 Å². The maximum atomic E-state index is 10.7. The summed E-state index contributed by atoms with van der Waals surface area (Å²) in [7, 11) is 0. The summed E-state index contributed by atoms with van der Waals surface area (Å²) in [4.78, 5) is 12.4. The number of urea groups is 1. The summed E-state index contributed by atoms with van der Waals surface area (Å²) < 4.78 is 0. The molecule has 0 saturated heterocycles. The van der Waals surface area contributed by atoms with Crippen LogP contribution >= 0.6 is 0 Å². The van der Waals surface area contributed by atoms with Gasteiger partial charge in [0, 0.05) is 12.1 Å².